The average Bonchev–Trinajstić information content (AvgIpc) is 3.18. The summed E-state index contributed by atoms with van der Waals surface area (Å²) in [6.07, 6.45) is 32.1. The summed E-state index contributed by atoms with van der Waals surface area (Å²) in [4.78, 5) is 15.3. The standard InChI is InChI=1S/C50H47N3/c1-6-8-9-10-14-26-47-51-49(37-20-12-11-13-21-37)53-50(52-47)44-32-42(36(5)29-41-28-34(3)38(19-7-2)27-35(41)4)31-43(33-44)48-45-24-17-15-22-39(45)30-40-23-16-18-25-46(40)48/h6-12,14-15,17-20,22,24-25,27-33H,1,13,16,21,23,26H2,2-5H3/b9-8-,14-10-,19-7-,36-29+. The van der Waals surface area contributed by atoms with Crippen LogP contribution in [0, 0.1) is 13.8 Å². The fourth-order valence-electron chi connectivity index (χ4n) is 7.36. The maximum Gasteiger partial charge on any atom is 0.163 e. The summed E-state index contributed by atoms with van der Waals surface area (Å²) in [6.45, 7) is 12.5. The monoisotopic (exact) mass is 689 g/mol. The van der Waals surface area contributed by atoms with Crippen LogP contribution in [0.25, 0.3) is 62.7 Å². The number of aryl methyl sites for hydroxylation is 3. The molecule has 0 saturated carbocycles. The van der Waals surface area contributed by atoms with Gasteiger partial charge in [0.05, 0.1) is 0 Å². The van der Waals surface area contributed by atoms with Crippen LogP contribution in [-0.2, 0) is 12.8 Å². The van der Waals surface area contributed by atoms with E-state index in [9.17, 15) is 0 Å². The van der Waals surface area contributed by atoms with Crippen LogP contribution in [0.15, 0.2) is 128 Å². The molecule has 0 bridgehead atoms. The molecular weight excluding hydrogens is 643 g/mol. The summed E-state index contributed by atoms with van der Waals surface area (Å²) < 4.78 is 0. The van der Waals surface area contributed by atoms with Crippen molar-refractivity contribution in [2.24, 2.45) is 0 Å². The zero-order valence-corrected chi connectivity index (χ0v) is 31.4. The average molecular weight is 690 g/mol. The molecule has 4 aromatic carbocycles. The summed E-state index contributed by atoms with van der Waals surface area (Å²) in [5.74, 6) is 2.20. The molecule has 2 aliphatic carbocycles. The van der Waals surface area contributed by atoms with Crippen molar-refractivity contribution in [2.75, 3.05) is 0 Å². The molecule has 0 unspecified atom stereocenters. The van der Waals surface area contributed by atoms with E-state index in [0.29, 0.717) is 12.2 Å². The first kappa shape index (κ1) is 35.5. The molecule has 0 radical (unpaired) electrons. The molecule has 0 amide bonds. The Morgan fingerprint density at radius 1 is 0.811 bits per heavy atom. The van der Waals surface area contributed by atoms with Gasteiger partial charge in [0.15, 0.2) is 11.6 Å². The highest BCUT2D eigenvalue weighted by molar-refractivity contribution is 6.03. The minimum Gasteiger partial charge on any atom is -0.213 e. The SMILES string of the molecule is C=C/C=C\C=C/Cc1nc(C2=CC=CCC2)nc(-c2cc(/C(C)=C/c3cc(C)c(/C=C\C)cc3C)cc(-c3c4c(cc5ccccc35)CCC=C4)c2)n1. The summed E-state index contributed by atoms with van der Waals surface area (Å²) in [5, 5.41) is 2.52. The van der Waals surface area contributed by atoms with Crippen molar-refractivity contribution in [3.63, 3.8) is 0 Å². The number of nitrogens with zero attached hydrogens (tertiary/aromatic N) is 3. The molecule has 0 fully saturated rings. The van der Waals surface area contributed by atoms with Crippen LogP contribution in [0.2, 0.25) is 0 Å². The van der Waals surface area contributed by atoms with Crippen molar-refractivity contribution in [2.45, 2.75) is 59.8 Å². The van der Waals surface area contributed by atoms with Crippen molar-refractivity contribution >= 4 is 40.1 Å². The van der Waals surface area contributed by atoms with E-state index in [2.05, 4.69) is 150 Å². The molecule has 5 aromatic rings. The summed E-state index contributed by atoms with van der Waals surface area (Å²) in [5.41, 5.74) is 14.6. The highest BCUT2D eigenvalue weighted by Crippen LogP contribution is 2.40. The molecule has 0 aliphatic heterocycles. The molecule has 0 atom stereocenters. The highest BCUT2D eigenvalue weighted by Gasteiger charge is 2.19. The van der Waals surface area contributed by atoms with Gasteiger partial charge in [-0.15, -0.1) is 0 Å². The maximum absolute atomic E-state index is 5.19. The van der Waals surface area contributed by atoms with Crippen LogP contribution in [0.1, 0.15) is 83.7 Å². The summed E-state index contributed by atoms with van der Waals surface area (Å²) in [6, 6.07) is 22.7. The van der Waals surface area contributed by atoms with Gasteiger partial charge in [0.25, 0.3) is 0 Å². The van der Waals surface area contributed by atoms with E-state index in [-0.39, 0.29) is 0 Å². The van der Waals surface area contributed by atoms with Gasteiger partial charge in [-0.25, -0.2) is 15.0 Å². The van der Waals surface area contributed by atoms with Crippen LogP contribution in [0.4, 0.5) is 0 Å². The molecule has 3 nitrogen and oxygen atoms in total. The van der Waals surface area contributed by atoms with Gasteiger partial charge in [0.1, 0.15) is 5.82 Å². The van der Waals surface area contributed by atoms with Crippen LogP contribution in [-0.4, -0.2) is 15.0 Å². The molecule has 0 saturated heterocycles. The van der Waals surface area contributed by atoms with E-state index in [4.69, 9.17) is 15.0 Å². The fourth-order valence-corrected chi connectivity index (χ4v) is 7.36. The lowest BCUT2D eigenvalue weighted by atomic mass is 9.84. The van der Waals surface area contributed by atoms with Gasteiger partial charge in [0, 0.05) is 12.0 Å². The highest BCUT2D eigenvalue weighted by atomic mass is 15.0. The molecule has 7 rings (SSSR count). The zero-order chi connectivity index (χ0) is 36.7. The number of hydrogen-bond acceptors (Lipinski definition) is 3. The molecule has 1 aromatic heterocycles. The lowest BCUT2D eigenvalue weighted by Crippen LogP contribution is -2.06. The lowest BCUT2D eigenvalue weighted by Gasteiger charge is -2.20. The predicted molar refractivity (Wildman–Crippen MR) is 228 cm³/mol. The van der Waals surface area contributed by atoms with Crippen molar-refractivity contribution in [3.8, 4) is 22.5 Å². The summed E-state index contributed by atoms with van der Waals surface area (Å²) in [7, 11) is 0. The van der Waals surface area contributed by atoms with Crippen molar-refractivity contribution in [3.05, 3.63) is 179 Å². The molecule has 262 valence electrons. The first-order valence-electron chi connectivity index (χ1n) is 18.8. The van der Waals surface area contributed by atoms with Crippen molar-refractivity contribution in [1.29, 1.82) is 0 Å². The lowest BCUT2D eigenvalue weighted by molar-refractivity contribution is 0.904. The van der Waals surface area contributed by atoms with E-state index in [0.717, 1.165) is 54.0 Å². The Balaban J connectivity index is 1.45. The Hall–Kier alpha value is -5.93. The number of rotatable bonds is 10. The van der Waals surface area contributed by atoms with E-state index in [1.54, 1.807) is 6.08 Å². The van der Waals surface area contributed by atoms with Gasteiger partial charge >= 0.3 is 0 Å². The third-order valence-electron chi connectivity index (χ3n) is 10.1. The van der Waals surface area contributed by atoms with Crippen molar-refractivity contribution in [1.82, 2.24) is 15.0 Å². The van der Waals surface area contributed by atoms with E-state index >= 15 is 0 Å². The van der Waals surface area contributed by atoms with Gasteiger partial charge < -0.3 is 0 Å². The first-order valence-corrected chi connectivity index (χ1v) is 18.8. The molecule has 0 N–H and O–H groups in total. The van der Waals surface area contributed by atoms with E-state index in [1.165, 1.54) is 60.9 Å². The topological polar surface area (TPSA) is 38.7 Å². The molecule has 0 spiro atoms. The third kappa shape index (κ3) is 7.95. The van der Waals surface area contributed by atoms with Gasteiger partial charge in [-0.1, -0.05) is 128 Å². The zero-order valence-electron chi connectivity index (χ0n) is 31.4. The molecule has 1 heterocycles. The van der Waals surface area contributed by atoms with Gasteiger partial charge in [-0.2, -0.15) is 0 Å². The Kier molecular flexibility index (Phi) is 10.8. The number of benzene rings is 4. The predicted octanol–water partition coefficient (Wildman–Crippen LogP) is 13.1. The quantitative estimate of drug-likeness (QED) is 0.108. The largest absolute Gasteiger partial charge is 0.213 e. The molecule has 3 heteroatoms. The smallest absolute Gasteiger partial charge is 0.163 e. The van der Waals surface area contributed by atoms with Gasteiger partial charge in [-0.05, 0) is 144 Å². The van der Waals surface area contributed by atoms with Crippen LogP contribution in [0.3, 0.4) is 0 Å². The minimum atomic E-state index is 0.599. The number of fused-ring (bicyclic) bond motifs is 2. The molecule has 2 aliphatic rings. The number of allylic oxidation sites excluding steroid dienone is 12. The fraction of sp³-hybridized carbons (Fsp3) is 0.180. The van der Waals surface area contributed by atoms with Crippen molar-refractivity contribution < 1.29 is 0 Å². The third-order valence-corrected chi connectivity index (χ3v) is 10.1. The van der Waals surface area contributed by atoms with E-state index in [1.807, 2.05) is 18.2 Å². The second-order valence-corrected chi connectivity index (χ2v) is 14.0. The second-order valence-electron chi connectivity index (χ2n) is 14.0. The van der Waals surface area contributed by atoms with Crippen LogP contribution < -0.4 is 0 Å². The number of hydrogen-bond donors (Lipinski definition) is 0. The Labute approximate surface area is 315 Å². The van der Waals surface area contributed by atoms with Gasteiger partial charge in [0.2, 0.25) is 0 Å². The van der Waals surface area contributed by atoms with Crippen LogP contribution >= 0.6 is 0 Å². The normalized spacial score (nSPS) is 14.5. The molecular formula is C50H47N3. The summed E-state index contributed by atoms with van der Waals surface area (Å²) >= 11 is 0. The van der Waals surface area contributed by atoms with Crippen LogP contribution in [0.5, 0.6) is 0 Å². The molecule has 53 heavy (non-hydrogen) atoms. The minimum absolute atomic E-state index is 0.599. The maximum atomic E-state index is 5.19. The Morgan fingerprint density at radius 3 is 2.43 bits per heavy atom. The van der Waals surface area contributed by atoms with Gasteiger partial charge in [-0.3, -0.25) is 0 Å². The van der Waals surface area contributed by atoms with E-state index < -0.39 is 0 Å². The Bertz CT molecular complexity index is 2430. The first-order chi connectivity index (χ1) is 25.9. The Morgan fingerprint density at radius 2 is 1.60 bits per heavy atom. The number of aromatic nitrogens is 3. The second kappa shape index (κ2) is 16.2.